The highest BCUT2D eigenvalue weighted by Gasteiger charge is 2.46. The van der Waals surface area contributed by atoms with Crippen LogP contribution in [-0.4, -0.2) is 47.0 Å². The van der Waals surface area contributed by atoms with Crippen molar-refractivity contribution < 1.29 is 4.79 Å². The highest BCUT2D eigenvalue weighted by atomic mass is 32.1. The van der Waals surface area contributed by atoms with E-state index in [0.29, 0.717) is 6.04 Å². The second-order valence-electron chi connectivity index (χ2n) is 7.04. The molecule has 0 saturated heterocycles. The Morgan fingerprint density at radius 2 is 2.00 bits per heavy atom. The average Bonchev–Trinajstić information content (AvgIpc) is 3.45. The van der Waals surface area contributed by atoms with Gasteiger partial charge in [0.15, 0.2) is 0 Å². The largest absolute Gasteiger partial charge is 0.331 e. The van der Waals surface area contributed by atoms with Crippen LogP contribution in [0.15, 0.2) is 12.1 Å². The van der Waals surface area contributed by atoms with Crippen molar-refractivity contribution in [3.05, 3.63) is 21.9 Å². The number of likely N-dealkylation sites (N-methyl/N-ethyl adjacent to an activating group) is 1. The van der Waals surface area contributed by atoms with Gasteiger partial charge in [-0.1, -0.05) is 13.8 Å². The molecule has 128 valence electrons. The van der Waals surface area contributed by atoms with Crippen LogP contribution in [0.5, 0.6) is 0 Å². The van der Waals surface area contributed by atoms with Crippen LogP contribution in [0.2, 0.25) is 0 Å². The van der Waals surface area contributed by atoms with E-state index in [1.807, 2.05) is 0 Å². The number of urea groups is 1. The van der Waals surface area contributed by atoms with E-state index in [1.165, 1.54) is 9.75 Å². The maximum atomic E-state index is 12.9. The van der Waals surface area contributed by atoms with Crippen molar-refractivity contribution in [3.63, 3.8) is 0 Å². The minimum Gasteiger partial charge on any atom is -0.331 e. The summed E-state index contributed by atoms with van der Waals surface area (Å²) in [5.74, 6) is 0. The van der Waals surface area contributed by atoms with E-state index in [9.17, 15) is 4.79 Å². The van der Waals surface area contributed by atoms with E-state index >= 15 is 0 Å². The molecule has 0 spiro atoms. The molecule has 3 rings (SSSR count). The quantitative estimate of drug-likeness (QED) is 0.788. The first-order valence-corrected chi connectivity index (χ1v) is 9.73. The summed E-state index contributed by atoms with van der Waals surface area (Å²) in [7, 11) is 0. The summed E-state index contributed by atoms with van der Waals surface area (Å²) in [4.78, 5) is 19.9. The fourth-order valence-corrected chi connectivity index (χ4v) is 4.03. The molecular formula is C18H29N3OS. The lowest BCUT2D eigenvalue weighted by molar-refractivity contribution is 0.179. The molecule has 5 heteroatoms. The number of carbonyl (C=O) groups is 1. The van der Waals surface area contributed by atoms with Crippen LogP contribution < -0.4 is 5.32 Å². The molecule has 23 heavy (non-hydrogen) atoms. The summed E-state index contributed by atoms with van der Waals surface area (Å²) in [5, 5.41) is 3.36. The summed E-state index contributed by atoms with van der Waals surface area (Å²) in [5.41, 5.74) is 0.0294. The first-order valence-electron chi connectivity index (χ1n) is 8.91. The lowest BCUT2D eigenvalue weighted by atomic mass is 10.2. The first kappa shape index (κ1) is 16.8. The highest BCUT2D eigenvalue weighted by molar-refractivity contribution is 7.11. The number of amides is 2. The van der Waals surface area contributed by atoms with Crippen molar-refractivity contribution in [2.45, 2.75) is 64.6 Å². The highest BCUT2D eigenvalue weighted by Crippen LogP contribution is 2.37. The zero-order chi connectivity index (χ0) is 16.4. The van der Waals surface area contributed by atoms with Crippen LogP contribution in [0.25, 0.3) is 0 Å². The van der Waals surface area contributed by atoms with Gasteiger partial charge in [0.1, 0.15) is 0 Å². The molecule has 0 bridgehead atoms. The molecule has 0 radical (unpaired) electrons. The first-order chi connectivity index (χ1) is 11.0. The normalized spacial score (nSPS) is 19.0. The molecule has 0 atom stereocenters. The van der Waals surface area contributed by atoms with Crippen LogP contribution in [0.3, 0.4) is 0 Å². The van der Waals surface area contributed by atoms with Gasteiger partial charge < -0.3 is 15.1 Å². The van der Waals surface area contributed by atoms with Gasteiger partial charge in [-0.3, -0.25) is 0 Å². The average molecular weight is 336 g/mol. The molecule has 2 fully saturated rings. The molecule has 1 N–H and O–H groups in total. The smallest absolute Gasteiger partial charge is 0.318 e. The Kier molecular flexibility index (Phi) is 4.97. The number of nitrogens with zero attached hydrogens (tertiary/aromatic N) is 2. The third-order valence-corrected chi connectivity index (χ3v) is 6.00. The van der Waals surface area contributed by atoms with E-state index in [1.54, 1.807) is 11.3 Å². The minimum absolute atomic E-state index is 0.0294. The van der Waals surface area contributed by atoms with E-state index in [-0.39, 0.29) is 11.6 Å². The third-order valence-electron chi connectivity index (χ3n) is 5.02. The maximum Gasteiger partial charge on any atom is 0.318 e. The maximum absolute atomic E-state index is 12.9. The number of thiophene rings is 1. The Morgan fingerprint density at radius 1 is 1.30 bits per heavy atom. The number of aryl methyl sites for hydroxylation is 1. The topological polar surface area (TPSA) is 35.6 Å². The number of hydrogen-bond acceptors (Lipinski definition) is 3. The van der Waals surface area contributed by atoms with E-state index in [0.717, 1.165) is 51.9 Å². The number of carbonyl (C=O) groups excluding carboxylic acids is 1. The molecule has 2 amide bonds. The van der Waals surface area contributed by atoms with Gasteiger partial charge >= 0.3 is 6.03 Å². The standard InChI is InChI=1S/C18H29N3OS/c1-4-20(5-2)13-18(10-11-18)19-17(22)21(15-7-8-15)12-16-9-6-14(3)23-16/h6,9,15H,4-5,7-8,10-13H2,1-3H3,(H,19,22). The summed E-state index contributed by atoms with van der Waals surface area (Å²) in [6.45, 7) is 10.4. The molecular weight excluding hydrogens is 306 g/mol. The molecule has 2 saturated carbocycles. The third kappa shape index (κ3) is 4.27. The Morgan fingerprint density at radius 3 is 2.48 bits per heavy atom. The van der Waals surface area contributed by atoms with Crippen LogP contribution in [0.4, 0.5) is 4.79 Å². The summed E-state index contributed by atoms with van der Waals surface area (Å²) in [6, 6.07) is 4.89. The zero-order valence-corrected chi connectivity index (χ0v) is 15.4. The summed E-state index contributed by atoms with van der Waals surface area (Å²) in [6.07, 6.45) is 4.54. The molecule has 2 aliphatic rings. The summed E-state index contributed by atoms with van der Waals surface area (Å²) < 4.78 is 0. The Balaban J connectivity index is 1.60. The van der Waals surface area contributed by atoms with Gasteiger partial charge in [-0.25, -0.2) is 4.79 Å². The predicted octanol–water partition coefficient (Wildman–Crippen LogP) is 3.60. The number of nitrogens with one attached hydrogen (secondary N) is 1. The van der Waals surface area contributed by atoms with Crippen molar-refractivity contribution in [1.82, 2.24) is 15.1 Å². The monoisotopic (exact) mass is 335 g/mol. The van der Waals surface area contributed by atoms with E-state index < -0.39 is 0 Å². The summed E-state index contributed by atoms with van der Waals surface area (Å²) >= 11 is 1.80. The lowest BCUT2D eigenvalue weighted by Crippen LogP contribution is -2.51. The Hall–Kier alpha value is -1.07. The molecule has 2 aliphatic carbocycles. The molecule has 0 unspecified atom stereocenters. The van der Waals surface area contributed by atoms with Crippen LogP contribution in [0.1, 0.15) is 49.3 Å². The van der Waals surface area contributed by atoms with Crippen molar-refractivity contribution >= 4 is 17.4 Å². The zero-order valence-electron chi connectivity index (χ0n) is 14.6. The Bertz CT molecular complexity index is 544. The molecule has 0 aliphatic heterocycles. The minimum atomic E-state index is 0.0294. The molecule has 4 nitrogen and oxygen atoms in total. The van der Waals surface area contributed by atoms with Gasteiger partial charge in [0.2, 0.25) is 0 Å². The van der Waals surface area contributed by atoms with Crippen LogP contribution >= 0.6 is 11.3 Å². The lowest BCUT2D eigenvalue weighted by Gasteiger charge is -2.29. The van der Waals surface area contributed by atoms with Crippen molar-refractivity contribution in [2.75, 3.05) is 19.6 Å². The van der Waals surface area contributed by atoms with Crippen LogP contribution in [0, 0.1) is 6.92 Å². The van der Waals surface area contributed by atoms with Gasteiger partial charge in [-0.05, 0) is 57.8 Å². The fourth-order valence-electron chi connectivity index (χ4n) is 3.14. The molecule has 0 aromatic carbocycles. The molecule has 1 heterocycles. The van der Waals surface area contributed by atoms with E-state index in [4.69, 9.17) is 0 Å². The SMILES string of the molecule is CCN(CC)CC1(NC(=O)N(Cc2ccc(C)s2)C2CC2)CC1. The van der Waals surface area contributed by atoms with Gasteiger partial charge in [-0.15, -0.1) is 11.3 Å². The predicted molar refractivity (Wildman–Crippen MR) is 95.9 cm³/mol. The van der Waals surface area contributed by atoms with Crippen molar-refractivity contribution in [3.8, 4) is 0 Å². The molecule has 1 aromatic heterocycles. The van der Waals surface area contributed by atoms with Gasteiger partial charge in [0, 0.05) is 22.3 Å². The van der Waals surface area contributed by atoms with Crippen molar-refractivity contribution in [1.29, 1.82) is 0 Å². The Labute approximate surface area is 143 Å². The second kappa shape index (κ2) is 6.81. The van der Waals surface area contributed by atoms with Crippen molar-refractivity contribution in [2.24, 2.45) is 0 Å². The van der Waals surface area contributed by atoms with E-state index in [2.05, 4.69) is 48.0 Å². The van der Waals surface area contributed by atoms with Gasteiger partial charge in [0.25, 0.3) is 0 Å². The second-order valence-corrected chi connectivity index (χ2v) is 8.42. The van der Waals surface area contributed by atoms with Gasteiger partial charge in [0.05, 0.1) is 12.1 Å². The molecule has 1 aromatic rings. The number of rotatable bonds is 8. The number of hydrogen-bond donors (Lipinski definition) is 1. The fraction of sp³-hybridized carbons (Fsp3) is 0.722. The van der Waals surface area contributed by atoms with Crippen LogP contribution in [-0.2, 0) is 6.54 Å². The van der Waals surface area contributed by atoms with Gasteiger partial charge in [-0.2, -0.15) is 0 Å².